The van der Waals surface area contributed by atoms with Gasteiger partial charge < -0.3 is 9.97 Å². The van der Waals surface area contributed by atoms with Crippen LogP contribution in [0.3, 0.4) is 0 Å². The van der Waals surface area contributed by atoms with E-state index in [0.29, 0.717) is 0 Å². The topological polar surface area (TPSA) is 57.4 Å². The maximum atomic E-state index is 6.00. The molecule has 0 unspecified atom stereocenters. The van der Waals surface area contributed by atoms with Crippen molar-refractivity contribution in [3.63, 3.8) is 0 Å². The molecule has 4 heteroatoms. The number of hydrogen-bond donors (Lipinski definition) is 2. The smallest absolute Gasteiger partial charge is 0.0816 e. The average Bonchev–Trinajstić information content (AvgIpc) is 4.28. The standard InChI is InChI=1S/C72H54N4/c1-41(2)45-25-33-49(34-26-45)61-65-53-17-9-11-19-55(53)67(73-65)62(50-35-27-46(28-36-50)42(3)4)69-57-21-13-15-23-59(57)71(75-69)64(52-39-31-48(32-40-52)44(7)8)72-60-24-16-14-22-58(60)70(76-72)63(51-37-29-47(30-38-51)43(5)6)68-56-20-12-10-18-54(56)66(61)74-68/h9-40,73,76H,1,3,5,7H2,2,4,6,8H3. The summed E-state index contributed by atoms with van der Waals surface area (Å²) in [7, 11) is 0. The van der Waals surface area contributed by atoms with Crippen LogP contribution in [0.2, 0.25) is 0 Å². The van der Waals surface area contributed by atoms with E-state index in [9.17, 15) is 0 Å². The fraction of sp³-hybridized carbons (Fsp3) is 0.0556. The molecule has 3 aliphatic rings. The summed E-state index contributed by atoms with van der Waals surface area (Å²) in [5, 5.41) is 4.30. The van der Waals surface area contributed by atoms with Gasteiger partial charge in [-0.15, -0.1) is 0 Å². The molecule has 4 heterocycles. The number of allylic oxidation sites excluding steroid dienone is 4. The zero-order valence-corrected chi connectivity index (χ0v) is 43.2. The Hall–Kier alpha value is -9.64. The molecule has 0 atom stereocenters. The van der Waals surface area contributed by atoms with Crippen LogP contribution >= 0.6 is 0 Å². The third-order valence-electron chi connectivity index (χ3n) is 15.4. The van der Waals surface area contributed by atoms with Gasteiger partial charge >= 0.3 is 0 Å². The minimum atomic E-state index is 0.878. The van der Waals surface area contributed by atoms with E-state index in [1.807, 2.05) is 0 Å². The van der Waals surface area contributed by atoms with E-state index < -0.39 is 0 Å². The molecule has 8 aromatic carbocycles. The number of H-pyrrole nitrogens is 2. The van der Waals surface area contributed by atoms with Crippen molar-refractivity contribution >= 4 is 65.9 Å². The highest BCUT2D eigenvalue weighted by Crippen LogP contribution is 2.52. The molecule has 2 N–H and O–H groups in total. The number of nitrogens with zero attached hydrogens (tertiary/aromatic N) is 2. The predicted octanol–water partition coefficient (Wildman–Crippen LogP) is 20.1. The molecule has 0 saturated carbocycles. The molecular weight excluding hydrogens is 921 g/mol. The summed E-state index contributed by atoms with van der Waals surface area (Å²) in [6.07, 6.45) is 0. The molecule has 4 nitrogen and oxygen atoms in total. The average molecular weight is 975 g/mol. The molecule has 0 spiro atoms. The molecular formula is C72H54N4. The number of hydrogen-bond acceptors (Lipinski definition) is 2. The third-order valence-corrected chi connectivity index (χ3v) is 15.4. The zero-order chi connectivity index (χ0) is 51.9. The van der Waals surface area contributed by atoms with Gasteiger partial charge in [-0.3, -0.25) is 0 Å². The molecule has 1 aliphatic carbocycles. The summed E-state index contributed by atoms with van der Waals surface area (Å²) < 4.78 is 0. The molecule has 0 radical (unpaired) electrons. The summed E-state index contributed by atoms with van der Waals surface area (Å²) in [6, 6.07) is 70.2. The largest absolute Gasteiger partial charge is 0.353 e. The third kappa shape index (κ3) is 7.44. The molecule has 0 amide bonds. The van der Waals surface area contributed by atoms with E-state index in [0.717, 1.165) is 178 Å². The second-order valence-corrected chi connectivity index (χ2v) is 20.5. The van der Waals surface area contributed by atoms with Gasteiger partial charge in [0.25, 0.3) is 0 Å². The monoisotopic (exact) mass is 974 g/mol. The molecule has 8 bridgehead atoms. The van der Waals surface area contributed by atoms with E-state index in [4.69, 9.17) is 9.97 Å². The Morgan fingerprint density at radius 1 is 0.276 bits per heavy atom. The molecule has 0 fully saturated rings. The Morgan fingerprint density at radius 3 is 0.671 bits per heavy atom. The second-order valence-electron chi connectivity index (χ2n) is 20.5. The Balaban J connectivity index is 1.35. The van der Waals surface area contributed by atoms with E-state index >= 15 is 0 Å². The molecule has 76 heavy (non-hydrogen) atoms. The van der Waals surface area contributed by atoms with E-state index in [1.54, 1.807) is 0 Å². The van der Waals surface area contributed by atoms with E-state index in [1.165, 1.54) is 0 Å². The van der Waals surface area contributed by atoms with Crippen LogP contribution in [-0.4, -0.2) is 19.9 Å². The van der Waals surface area contributed by atoms with Gasteiger partial charge in [-0.2, -0.15) is 0 Å². The maximum absolute atomic E-state index is 6.00. The van der Waals surface area contributed by atoms with Crippen molar-refractivity contribution in [3.8, 4) is 89.5 Å². The van der Waals surface area contributed by atoms with Crippen LogP contribution in [0.25, 0.3) is 155 Å². The van der Waals surface area contributed by atoms with Crippen LogP contribution in [0.1, 0.15) is 49.9 Å². The first-order valence-corrected chi connectivity index (χ1v) is 25.9. The van der Waals surface area contributed by atoms with Gasteiger partial charge in [0, 0.05) is 66.1 Å². The quantitative estimate of drug-likeness (QED) is 0.159. The summed E-state index contributed by atoms with van der Waals surface area (Å²) in [5.74, 6) is 0. The summed E-state index contributed by atoms with van der Waals surface area (Å²) in [5.41, 5.74) is 28.0. The number of nitrogens with one attached hydrogen (secondary N) is 2. The minimum Gasteiger partial charge on any atom is -0.353 e. The summed E-state index contributed by atoms with van der Waals surface area (Å²) in [4.78, 5) is 20.4. The molecule has 2 aliphatic heterocycles. The molecule has 10 aromatic rings. The SMILES string of the molecule is C=C(C)c1ccc(-c2c3nc(c(-c4ccc(C(=C)C)cc4)c4[nH]c(c(-c5ccc(C(=C)C)cc5)c5nc(c(-c6ccc(C(=C)C)cc6)c6[nH]c2c2ccccc62)-c2ccccc2-5)c2ccccc42)-c2ccccc2-3)cc1. The van der Waals surface area contributed by atoms with Crippen molar-refractivity contribution in [3.05, 3.63) is 243 Å². The Bertz CT molecular complexity index is 3900. The molecule has 362 valence electrons. The van der Waals surface area contributed by atoms with Crippen molar-refractivity contribution in [2.45, 2.75) is 27.7 Å². The van der Waals surface area contributed by atoms with Crippen molar-refractivity contribution < 1.29 is 0 Å². The highest BCUT2D eigenvalue weighted by molar-refractivity contribution is 6.21. The highest BCUT2D eigenvalue weighted by Gasteiger charge is 2.30. The van der Waals surface area contributed by atoms with Gasteiger partial charge in [-0.1, -0.05) is 243 Å². The van der Waals surface area contributed by atoms with Crippen LogP contribution in [0.4, 0.5) is 0 Å². The second kappa shape index (κ2) is 18.1. The van der Waals surface area contributed by atoms with Gasteiger partial charge in [0.05, 0.1) is 44.8 Å². The molecule has 2 aromatic heterocycles. The minimum absolute atomic E-state index is 0.878. The van der Waals surface area contributed by atoms with Crippen LogP contribution in [0, 0.1) is 0 Å². The van der Waals surface area contributed by atoms with Gasteiger partial charge in [0.15, 0.2) is 0 Å². The van der Waals surface area contributed by atoms with Gasteiger partial charge in [-0.05, 0) is 72.2 Å². The van der Waals surface area contributed by atoms with Crippen LogP contribution in [0.15, 0.2) is 220 Å². The molecule has 0 saturated heterocycles. The lowest BCUT2D eigenvalue weighted by atomic mass is 9.92. The maximum Gasteiger partial charge on any atom is 0.0816 e. The lowest BCUT2D eigenvalue weighted by Gasteiger charge is -2.10. The van der Waals surface area contributed by atoms with E-state index in [-0.39, 0.29) is 0 Å². The molecule has 13 rings (SSSR count). The number of aromatic nitrogens is 4. The van der Waals surface area contributed by atoms with Gasteiger partial charge in [0.2, 0.25) is 0 Å². The first-order valence-electron chi connectivity index (χ1n) is 25.9. The lowest BCUT2D eigenvalue weighted by molar-refractivity contribution is 1.39. The number of benzene rings is 8. The normalized spacial score (nSPS) is 11.6. The van der Waals surface area contributed by atoms with Crippen molar-refractivity contribution in [2.24, 2.45) is 0 Å². The van der Waals surface area contributed by atoms with E-state index in [2.05, 4.69) is 258 Å². The van der Waals surface area contributed by atoms with Crippen LogP contribution in [0.5, 0.6) is 0 Å². The zero-order valence-electron chi connectivity index (χ0n) is 43.2. The van der Waals surface area contributed by atoms with Crippen LogP contribution < -0.4 is 0 Å². The lowest BCUT2D eigenvalue weighted by Crippen LogP contribution is -1.89. The van der Waals surface area contributed by atoms with Crippen LogP contribution in [-0.2, 0) is 0 Å². The van der Waals surface area contributed by atoms with Crippen molar-refractivity contribution in [1.29, 1.82) is 0 Å². The fourth-order valence-electron chi connectivity index (χ4n) is 11.4. The highest BCUT2D eigenvalue weighted by atomic mass is 14.8. The first kappa shape index (κ1) is 46.2. The van der Waals surface area contributed by atoms with Crippen molar-refractivity contribution in [2.75, 3.05) is 0 Å². The Labute approximate surface area is 443 Å². The fourth-order valence-corrected chi connectivity index (χ4v) is 11.4. The Morgan fingerprint density at radius 2 is 0.474 bits per heavy atom. The summed E-state index contributed by atoms with van der Waals surface area (Å²) >= 11 is 0. The Kier molecular flexibility index (Phi) is 11.0. The van der Waals surface area contributed by atoms with Gasteiger partial charge in [-0.25, -0.2) is 9.97 Å². The number of rotatable bonds is 8. The predicted molar refractivity (Wildman–Crippen MR) is 325 cm³/mol. The summed E-state index contributed by atoms with van der Waals surface area (Å²) in [6.45, 7) is 25.5. The van der Waals surface area contributed by atoms with Gasteiger partial charge in [0.1, 0.15) is 0 Å². The van der Waals surface area contributed by atoms with Crippen molar-refractivity contribution in [1.82, 2.24) is 19.9 Å². The first-order chi connectivity index (χ1) is 37.0. The number of aromatic amines is 2.